The van der Waals surface area contributed by atoms with Crippen molar-refractivity contribution in [3.8, 4) is 17.2 Å². The summed E-state index contributed by atoms with van der Waals surface area (Å²) in [5, 5.41) is 17.1. The summed E-state index contributed by atoms with van der Waals surface area (Å²) in [6, 6.07) is 7.60. The molecule has 1 atom stereocenters. The minimum Gasteiger partial charge on any atom is -0.497 e. The molecule has 0 fully saturated rings. The number of esters is 1. The van der Waals surface area contributed by atoms with Gasteiger partial charge in [0, 0.05) is 17.7 Å². The first-order chi connectivity index (χ1) is 16.3. The average Bonchev–Trinajstić information content (AvgIpc) is 2.83. The highest BCUT2D eigenvalue weighted by Gasteiger charge is 2.37. The van der Waals surface area contributed by atoms with E-state index in [0.29, 0.717) is 11.3 Å². The quantitative estimate of drug-likeness (QED) is 0.323. The number of ether oxygens (including phenoxy) is 4. The Bertz CT molecular complexity index is 1130. The predicted molar refractivity (Wildman–Crippen MR) is 122 cm³/mol. The van der Waals surface area contributed by atoms with Crippen molar-refractivity contribution in [2.24, 2.45) is 0 Å². The zero-order chi connectivity index (χ0) is 24.8. The Morgan fingerprint density at radius 2 is 1.71 bits per heavy atom. The molecule has 0 aromatic heterocycles. The fourth-order valence-electron chi connectivity index (χ4n) is 3.60. The van der Waals surface area contributed by atoms with Gasteiger partial charge >= 0.3 is 17.7 Å². The average molecular weight is 471 g/mol. The van der Waals surface area contributed by atoms with Crippen molar-refractivity contribution in [2.45, 2.75) is 19.9 Å². The van der Waals surface area contributed by atoms with E-state index in [0.717, 1.165) is 0 Å². The molecule has 2 N–H and O–H groups in total. The molecule has 1 unspecified atom stereocenters. The van der Waals surface area contributed by atoms with Gasteiger partial charge in [0.25, 0.3) is 0 Å². The second-order valence-corrected chi connectivity index (χ2v) is 7.02. The molecule has 34 heavy (non-hydrogen) atoms. The molecular formula is C23H25N3O8. The number of urea groups is 1. The van der Waals surface area contributed by atoms with E-state index < -0.39 is 23.0 Å². The van der Waals surface area contributed by atoms with Gasteiger partial charge in [-0.1, -0.05) is 0 Å². The summed E-state index contributed by atoms with van der Waals surface area (Å²) in [5.74, 6) is 0.0852. The van der Waals surface area contributed by atoms with E-state index in [1.165, 1.54) is 26.4 Å². The number of hydrogen-bond donors (Lipinski definition) is 2. The number of methoxy groups -OCH3 is 2. The van der Waals surface area contributed by atoms with Crippen LogP contribution in [0.25, 0.3) is 5.70 Å². The van der Waals surface area contributed by atoms with Crippen molar-refractivity contribution in [3.05, 3.63) is 63.2 Å². The van der Waals surface area contributed by atoms with Crippen LogP contribution in [0.4, 0.5) is 10.5 Å². The van der Waals surface area contributed by atoms with Crippen LogP contribution in [0.1, 0.15) is 31.0 Å². The maximum absolute atomic E-state index is 12.9. The van der Waals surface area contributed by atoms with Crippen LogP contribution in [0.5, 0.6) is 17.2 Å². The van der Waals surface area contributed by atoms with Crippen LogP contribution in [-0.2, 0) is 9.53 Å². The number of nitro groups is 1. The number of rotatable bonds is 9. The van der Waals surface area contributed by atoms with Crippen molar-refractivity contribution in [3.63, 3.8) is 0 Å². The summed E-state index contributed by atoms with van der Waals surface area (Å²) in [6.45, 7) is 3.87. The summed E-state index contributed by atoms with van der Waals surface area (Å²) >= 11 is 0. The van der Waals surface area contributed by atoms with Crippen LogP contribution >= 0.6 is 0 Å². The molecule has 11 heteroatoms. The van der Waals surface area contributed by atoms with Gasteiger partial charge in [0.1, 0.15) is 11.5 Å². The topological polar surface area (TPSA) is 138 Å². The van der Waals surface area contributed by atoms with Crippen LogP contribution < -0.4 is 24.8 Å². The highest BCUT2D eigenvalue weighted by molar-refractivity contribution is 6.04. The van der Waals surface area contributed by atoms with Gasteiger partial charge < -0.3 is 29.6 Å². The molecule has 1 aliphatic heterocycles. The van der Waals surface area contributed by atoms with Crippen LogP contribution in [-0.4, -0.2) is 44.4 Å². The Labute approximate surface area is 195 Å². The lowest BCUT2D eigenvalue weighted by atomic mass is 9.91. The van der Waals surface area contributed by atoms with E-state index in [-0.39, 0.29) is 47.2 Å². The third-order valence-electron chi connectivity index (χ3n) is 5.05. The Morgan fingerprint density at radius 1 is 1.06 bits per heavy atom. The lowest BCUT2D eigenvalue weighted by Gasteiger charge is -2.30. The molecule has 2 amide bonds. The Kier molecular flexibility index (Phi) is 7.57. The summed E-state index contributed by atoms with van der Waals surface area (Å²) in [6.07, 6.45) is 0. The Morgan fingerprint density at radius 3 is 2.26 bits per heavy atom. The van der Waals surface area contributed by atoms with Gasteiger partial charge in [-0.2, -0.15) is 0 Å². The molecule has 0 saturated carbocycles. The highest BCUT2D eigenvalue weighted by Crippen LogP contribution is 2.42. The summed E-state index contributed by atoms with van der Waals surface area (Å²) in [4.78, 5) is 36.7. The lowest BCUT2D eigenvalue weighted by Crippen LogP contribution is -2.45. The fourth-order valence-corrected chi connectivity index (χ4v) is 3.60. The van der Waals surface area contributed by atoms with E-state index >= 15 is 0 Å². The van der Waals surface area contributed by atoms with Gasteiger partial charge in [0.05, 0.1) is 49.7 Å². The molecule has 1 heterocycles. The fraction of sp³-hybridized carbons (Fsp3) is 0.304. The molecule has 0 saturated heterocycles. The molecule has 0 aliphatic carbocycles. The van der Waals surface area contributed by atoms with Crippen LogP contribution in [0.2, 0.25) is 0 Å². The largest absolute Gasteiger partial charge is 0.497 e. The summed E-state index contributed by atoms with van der Waals surface area (Å²) in [5.41, 5.74) is 0.634. The number of nitro benzene ring substituents is 1. The SMILES string of the molecule is CCOc1cc(OCC)c([N+](=O)[O-])cc1C1NC(=O)NC(c2ccc(OC)cc2)=C1C(=O)OC. The standard InChI is InChI=1S/C23H25N3O8/c1-5-33-17-12-18(34-6-2)16(26(29)30)11-15(17)21-19(22(27)32-4)20(24-23(28)25-21)13-7-9-14(31-3)10-8-13/h7-12,21H,5-6H2,1-4H3,(H2,24,25,28). The third-order valence-corrected chi connectivity index (χ3v) is 5.05. The van der Waals surface area contributed by atoms with E-state index in [4.69, 9.17) is 18.9 Å². The number of nitrogens with zero attached hydrogens (tertiary/aromatic N) is 1. The first kappa shape index (κ1) is 24.4. The van der Waals surface area contributed by atoms with Crippen molar-refractivity contribution in [1.82, 2.24) is 10.6 Å². The molecule has 0 spiro atoms. The second-order valence-electron chi connectivity index (χ2n) is 7.02. The lowest BCUT2D eigenvalue weighted by molar-refractivity contribution is -0.385. The minimum atomic E-state index is -1.10. The normalized spacial score (nSPS) is 15.2. The summed E-state index contributed by atoms with van der Waals surface area (Å²) in [7, 11) is 2.73. The molecule has 11 nitrogen and oxygen atoms in total. The molecule has 3 rings (SSSR count). The molecule has 1 aliphatic rings. The van der Waals surface area contributed by atoms with E-state index in [2.05, 4.69) is 10.6 Å². The van der Waals surface area contributed by atoms with Crippen molar-refractivity contribution in [2.75, 3.05) is 27.4 Å². The zero-order valence-corrected chi connectivity index (χ0v) is 19.2. The number of benzene rings is 2. The van der Waals surface area contributed by atoms with E-state index in [1.54, 1.807) is 38.1 Å². The van der Waals surface area contributed by atoms with Crippen molar-refractivity contribution in [1.29, 1.82) is 0 Å². The first-order valence-corrected chi connectivity index (χ1v) is 10.5. The van der Waals surface area contributed by atoms with E-state index in [9.17, 15) is 19.7 Å². The zero-order valence-electron chi connectivity index (χ0n) is 19.2. The van der Waals surface area contributed by atoms with Crippen molar-refractivity contribution < 1.29 is 33.5 Å². The molecule has 0 bridgehead atoms. The third kappa shape index (κ3) is 4.87. The maximum Gasteiger partial charge on any atom is 0.338 e. The van der Waals surface area contributed by atoms with Gasteiger partial charge in [-0.3, -0.25) is 10.1 Å². The molecule has 2 aromatic rings. The monoisotopic (exact) mass is 471 g/mol. The molecular weight excluding hydrogens is 446 g/mol. The molecule has 0 radical (unpaired) electrons. The highest BCUT2D eigenvalue weighted by atomic mass is 16.6. The van der Waals surface area contributed by atoms with Crippen LogP contribution in [0, 0.1) is 10.1 Å². The Hall–Kier alpha value is -4.28. The number of carbonyl (C=O) groups excluding carboxylic acids is 2. The number of amides is 2. The minimum absolute atomic E-state index is 0.0129. The first-order valence-electron chi connectivity index (χ1n) is 10.5. The van der Waals surface area contributed by atoms with Crippen LogP contribution in [0.15, 0.2) is 42.0 Å². The maximum atomic E-state index is 12.9. The number of hydrogen-bond acceptors (Lipinski definition) is 8. The Balaban J connectivity index is 2.28. The number of carbonyl (C=O) groups is 2. The van der Waals surface area contributed by atoms with Gasteiger partial charge in [-0.25, -0.2) is 9.59 Å². The summed E-state index contributed by atoms with van der Waals surface area (Å²) < 4.78 is 21.3. The smallest absolute Gasteiger partial charge is 0.338 e. The van der Waals surface area contributed by atoms with Gasteiger partial charge in [-0.05, 0) is 43.7 Å². The van der Waals surface area contributed by atoms with Crippen molar-refractivity contribution >= 4 is 23.4 Å². The molecule has 180 valence electrons. The second kappa shape index (κ2) is 10.6. The van der Waals surface area contributed by atoms with Gasteiger partial charge in [-0.15, -0.1) is 0 Å². The van der Waals surface area contributed by atoms with Gasteiger partial charge in [0.2, 0.25) is 5.75 Å². The number of nitrogens with one attached hydrogen (secondary N) is 2. The van der Waals surface area contributed by atoms with Crippen LogP contribution in [0.3, 0.4) is 0 Å². The van der Waals surface area contributed by atoms with E-state index in [1.807, 2.05) is 0 Å². The molecule has 2 aromatic carbocycles. The van der Waals surface area contributed by atoms with Gasteiger partial charge in [0.15, 0.2) is 0 Å². The predicted octanol–water partition coefficient (Wildman–Crippen LogP) is 3.34.